The maximum absolute atomic E-state index is 13.1. The third kappa shape index (κ3) is 3.52. The maximum atomic E-state index is 13.1. The van der Waals surface area contributed by atoms with Crippen LogP contribution in [0.15, 0.2) is 36.7 Å². The fourth-order valence-corrected chi connectivity index (χ4v) is 6.18. The van der Waals surface area contributed by atoms with Gasteiger partial charge in [0.25, 0.3) is 5.91 Å². The number of amides is 2. The van der Waals surface area contributed by atoms with E-state index in [1.165, 1.54) is 30.3 Å². The molecule has 6 rings (SSSR count). The fourth-order valence-electron chi connectivity index (χ4n) is 6.18. The molecule has 2 amide bonds. The van der Waals surface area contributed by atoms with E-state index in [0.29, 0.717) is 24.2 Å². The Morgan fingerprint density at radius 3 is 2.28 bits per heavy atom. The first-order valence-electron chi connectivity index (χ1n) is 10.5. The predicted octanol–water partition coefficient (Wildman–Crippen LogP) is 1.82. The van der Waals surface area contributed by atoms with Crippen molar-refractivity contribution in [2.24, 2.45) is 23.2 Å². The molecule has 1 aromatic carbocycles. The van der Waals surface area contributed by atoms with Gasteiger partial charge in [-0.2, -0.15) is 0 Å². The lowest BCUT2D eigenvalue weighted by molar-refractivity contribution is -0.149. The second-order valence-corrected chi connectivity index (χ2v) is 9.14. The van der Waals surface area contributed by atoms with Crippen LogP contribution in [0.3, 0.4) is 0 Å². The minimum absolute atomic E-state index is 0.0277. The highest BCUT2D eigenvalue weighted by Crippen LogP contribution is 2.60. The van der Waals surface area contributed by atoms with Gasteiger partial charge in [0.2, 0.25) is 5.91 Å². The monoisotopic (exact) mass is 394 g/mol. The van der Waals surface area contributed by atoms with Crippen LogP contribution in [-0.2, 0) is 16.0 Å². The third-order valence-corrected chi connectivity index (χ3v) is 7.08. The van der Waals surface area contributed by atoms with E-state index in [4.69, 9.17) is 0 Å². The molecule has 2 N–H and O–H groups in total. The number of hydrazine groups is 1. The Morgan fingerprint density at radius 1 is 1.03 bits per heavy atom. The number of hydrogen-bond acceptors (Lipinski definition) is 5. The SMILES string of the molecule is O=C(NNC(=O)C12CC3CC(CC(C3)C1)C2)[C@@H](Cc1ccccc1)n1cnnn1. The third-order valence-electron chi connectivity index (χ3n) is 7.08. The molecule has 0 saturated heterocycles. The van der Waals surface area contributed by atoms with Crippen molar-refractivity contribution in [1.29, 1.82) is 0 Å². The highest BCUT2D eigenvalue weighted by atomic mass is 16.2. The molecule has 0 spiro atoms. The lowest BCUT2D eigenvalue weighted by Gasteiger charge is -2.55. The van der Waals surface area contributed by atoms with E-state index in [0.717, 1.165) is 24.8 Å². The van der Waals surface area contributed by atoms with Gasteiger partial charge < -0.3 is 0 Å². The lowest BCUT2D eigenvalue weighted by Crippen LogP contribution is -2.57. The fraction of sp³-hybridized carbons (Fsp3) is 0.571. The molecule has 0 aliphatic heterocycles. The molecule has 1 aromatic heterocycles. The van der Waals surface area contributed by atoms with Crippen molar-refractivity contribution < 1.29 is 9.59 Å². The van der Waals surface area contributed by atoms with Crippen LogP contribution in [0.25, 0.3) is 0 Å². The van der Waals surface area contributed by atoms with Gasteiger partial charge in [-0.05, 0) is 72.3 Å². The molecule has 1 heterocycles. The van der Waals surface area contributed by atoms with E-state index in [9.17, 15) is 9.59 Å². The van der Waals surface area contributed by atoms with Crippen molar-refractivity contribution in [2.45, 2.75) is 51.0 Å². The molecule has 8 nitrogen and oxygen atoms in total. The van der Waals surface area contributed by atoms with Crippen molar-refractivity contribution >= 4 is 11.8 Å². The van der Waals surface area contributed by atoms with Crippen LogP contribution in [0.2, 0.25) is 0 Å². The van der Waals surface area contributed by atoms with Crippen molar-refractivity contribution in [2.75, 3.05) is 0 Å². The Morgan fingerprint density at radius 2 is 1.69 bits per heavy atom. The smallest absolute Gasteiger partial charge is 0.263 e. The summed E-state index contributed by atoms with van der Waals surface area (Å²) in [5.41, 5.74) is 6.10. The molecule has 152 valence electrons. The number of rotatable bonds is 5. The normalized spacial score (nSPS) is 30.7. The number of aromatic nitrogens is 4. The van der Waals surface area contributed by atoms with Crippen LogP contribution in [0.5, 0.6) is 0 Å². The average Bonchev–Trinajstić information content (AvgIpc) is 3.24. The number of nitrogens with zero attached hydrogens (tertiary/aromatic N) is 4. The zero-order valence-corrected chi connectivity index (χ0v) is 16.3. The predicted molar refractivity (Wildman–Crippen MR) is 104 cm³/mol. The zero-order valence-electron chi connectivity index (χ0n) is 16.3. The van der Waals surface area contributed by atoms with Crippen LogP contribution in [-0.4, -0.2) is 32.0 Å². The van der Waals surface area contributed by atoms with Gasteiger partial charge in [0.1, 0.15) is 12.4 Å². The molecule has 4 saturated carbocycles. The largest absolute Gasteiger partial charge is 0.273 e. The van der Waals surface area contributed by atoms with Crippen molar-refractivity contribution in [3.63, 3.8) is 0 Å². The number of hydrogen-bond donors (Lipinski definition) is 2. The summed E-state index contributed by atoms with van der Waals surface area (Å²) < 4.78 is 1.43. The first-order valence-corrected chi connectivity index (χ1v) is 10.5. The van der Waals surface area contributed by atoms with E-state index in [1.807, 2.05) is 30.3 Å². The molecule has 29 heavy (non-hydrogen) atoms. The van der Waals surface area contributed by atoms with Crippen LogP contribution in [0.1, 0.15) is 50.1 Å². The Hall–Kier alpha value is -2.77. The summed E-state index contributed by atoms with van der Waals surface area (Å²) in [6, 6.07) is 9.07. The summed E-state index contributed by atoms with van der Waals surface area (Å²) in [7, 11) is 0. The van der Waals surface area contributed by atoms with Crippen LogP contribution in [0, 0.1) is 23.2 Å². The Labute approximate surface area is 169 Å². The van der Waals surface area contributed by atoms with Crippen molar-refractivity contribution in [3.05, 3.63) is 42.2 Å². The molecule has 0 radical (unpaired) electrons. The van der Waals surface area contributed by atoms with Gasteiger partial charge >= 0.3 is 0 Å². The summed E-state index contributed by atoms with van der Waals surface area (Å²) in [5, 5.41) is 11.2. The van der Waals surface area contributed by atoms with E-state index in [1.54, 1.807) is 0 Å². The molecule has 1 atom stereocenters. The average molecular weight is 394 g/mol. The molecular formula is C21H26N6O2. The molecule has 4 aliphatic carbocycles. The van der Waals surface area contributed by atoms with Crippen LogP contribution in [0.4, 0.5) is 0 Å². The van der Waals surface area contributed by atoms with Crippen molar-refractivity contribution in [1.82, 2.24) is 31.1 Å². The van der Waals surface area contributed by atoms with Crippen LogP contribution < -0.4 is 10.9 Å². The van der Waals surface area contributed by atoms with Gasteiger partial charge in [-0.15, -0.1) is 5.10 Å². The van der Waals surface area contributed by atoms with Crippen LogP contribution >= 0.6 is 0 Å². The Bertz CT molecular complexity index is 847. The second-order valence-electron chi connectivity index (χ2n) is 9.14. The van der Waals surface area contributed by atoms with Gasteiger partial charge in [0.15, 0.2) is 0 Å². The Balaban J connectivity index is 1.26. The molecule has 0 unspecified atom stereocenters. The maximum Gasteiger partial charge on any atom is 0.263 e. The van der Waals surface area contributed by atoms with E-state index >= 15 is 0 Å². The number of tetrazole rings is 1. The number of carbonyl (C=O) groups is 2. The quantitative estimate of drug-likeness (QED) is 0.753. The van der Waals surface area contributed by atoms with Gasteiger partial charge in [0.05, 0.1) is 5.41 Å². The number of carbonyl (C=O) groups excluding carboxylic acids is 2. The molecule has 4 aliphatic rings. The highest BCUT2D eigenvalue weighted by molar-refractivity contribution is 5.87. The highest BCUT2D eigenvalue weighted by Gasteiger charge is 2.54. The summed E-state index contributed by atoms with van der Waals surface area (Å²) in [5.74, 6) is 1.68. The van der Waals surface area contributed by atoms with E-state index in [-0.39, 0.29) is 17.2 Å². The van der Waals surface area contributed by atoms with Gasteiger partial charge in [0, 0.05) is 6.42 Å². The minimum Gasteiger partial charge on any atom is -0.273 e. The van der Waals surface area contributed by atoms with Crippen molar-refractivity contribution in [3.8, 4) is 0 Å². The summed E-state index contributed by atoms with van der Waals surface area (Å²) >= 11 is 0. The minimum atomic E-state index is -0.635. The Kier molecular flexibility index (Phi) is 4.56. The summed E-state index contributed by atoms with van der Waals surface area (Å²) in [6.45, 7) is 0. The van der Waals surface area contributed by atoms with Gasteiger partial charge in [-0.1, -0.05) is 30.3 Å². The molecule has 8 heteroatoms. The van der Waals surface area contributed by atoms with Gasteiger partial charge in [-0.3, -0.25) is 20.4 Å². The van der Waals surface area contributed by atoms with E-state index in [2.05, 4.69) is 26.4 Å². The standard InChI is InChI=1S/C21H26N6O2/c28-19(18(27-13-22-25-26-27)9-14-4-2-1-3-5-14)23-24-20(29)21-10-15-6-16(11-21)8-17(7-15)12-21/h1-5,13,15-18H,6-12H2,(H,23,28)(H,24,29)/t15?,16?,17?,18-,21?/m1/s1. The number of benzene rings is 1. The molecule has 4 fully saturated rings. The molecular weight excluding hydrogens is 368 g/mol. The van der Waals surface area contributed by atoms with Gasteiger partial charge in [-0.25, -0.2) is 4.68 Å². The summed E-state index contributed by atoms with van der Waals surface area (Å²) in [6.07, 6.45) is 8.56. The number of nitrogens with one attached hydrogen (secondary N) is 2. The second kappa shape index (κ2) is 7.24. The first kappa shape index (κ1) is 18.3. The topological polar surface area (TPSA) is 102 Å². The zero-order chi connectivity index (χ0) is 19.8. The summed E-state index contributed by atoms with van der Waals surface area (Å²) in [4.78, 5) is 26.0. The first-order chi connectivity index (χ1) is 14.1. The molecule has 2 aromatic rings. The molecule has 4 bridgehead atoms. The van der Waals surface area contributed by atoms with E-state index < -0.39 is 6.04 Å². The lowest BCUT2D eigenvalue weighted by atomic mass is 9.49.